The van der Waals surface area contributed by atoms with E-state index in [1.165, 1.54) is 6.92 Å². The van der Waals surface area contributed by atoms with Crippen LogP contribution in [0.2, 0.25) is 0 Å². The Kier molecular flexibility index (Phi) is 14.9. The Labute approximate surface area is 224 Å². The van der Waals surface area contributed by atoms with Crippen LogP contribution in [-0.2, 0) is 28.7 Å². The van der Waals surface area contributed by atoms with E-state index in [0.29, 0.717) is 12.8 Å². The number of hydrogen-bond donors (Lipinski definition) is 7. The quantitative estimate of drug-likeness (QED) is 0.0834. The Morgan fingerprint density at radius 1 is 0.789 bits per heavy atom. The molecule has 14 heteroatoms. The number of nitrogens with one attached hydrogen (secondary N) is 6. The molecule has 0 bridgehead atoms. The minimum atomic E-state index is -1.02. The second-order valence-electron chi connectivity index (χ2n) is 10.5. The Bertz CT molecular complexity index is 842. The monoisotopic (exact) mass is 543 g/mol. The molecule has 6 amide bonds. The fraction of sp³-hybridized carbons (Fsp3) is 0.750. The van der Waals surface area contributed by atoms with Crippen LogP contribution < -0.4 is 37.9 Å². The van der Waals surface area contributed by atoms with Crippen molar-refractivity contribution in [1.29, 1.82) is 0 Å². The Balaban J connectivity index is 4.76. The van der Waals surface area contributed by atoms with Gasteiger partial charge in [-0.3, -0.25) is 29.4 Å². The van der Waals surface area contributed by atoms with E-state index in [1.807, 2.05) is 26.2 Å². The van der Waals surface area contributed by atoms with Gasteiger partial charge in [-0.1, -0.05) is 34.1 Å². The van der Waals surface area contributed by atoms with Gasteiger partial charge in [-0.05, 0) is 46.0 Å². The summed E-state index contributed by atoms with van der Waals surface area (Å²) in [6.07, 6.45) is 0.183. The van der Waals surface area contributed by atoms with E-state index in [2.05, 4.69) is 26.6 Å². The van der Waals surface area contributed by atoms with Crippen LogP contribution >= 0.6 is 0 Å². The van der Waals surface area contributed by atoms with Gasteiger partial charge < -0.3 is 31.3 Å². The van der Waals surface area contributed by atoms with E-state index < -0.39 is 72.4 Å². The maximum Gasteiger partial charge on any atom is 0.408 e. The van der Waals surface area contributed by atoms with Crippen LogP contribution in [0.15, 0.2) is 0 Å². The van der Waals surface area contributed by atoms with E-state index in [4.69, 9.17) is 10.6 Å². The van der Waals surface area contributed by atoms with Crippen LogP contribution in [0.3, 0.4) is 0 Å². The van der Waals surface area contributed by atoms with Crippen molar-refractivity contribution in [3.05, 3.63) is 0 Å². The first kappa shape index (κ1) is 34.6. The van der Waals surface area contributed by atoms with Crippen molar-refractivity contribution in [3.8, 4) is 0 Å². The minimum absolute atomic E-state index is 0.108. The maximum absolute atomic E-state index is 12.6. The summed E-state index contributed by atoms with van der Waals surface area (Å²) in [4.78, 5) is 73.3. The average Bonchev–Trinajstić information content (AvgIpc) is 2.81. The number of amides is 6. The highest BCUT2D eigenvalue weighted by Gasteiger charge is 2.29. The van der Waals surface area contributed by atoms with Crippen LogP contribution in [0.25, 0.3) is 0 Å². The van der Waals surface area contributed by atoms with Gasteiger partial charge in [0.15, 0.2) is 0 Å². The molecule has 0 saturated carbocycles. The minimum Gasteiger partial charge on any atom is -0.444 e. The normalized spacial score (nSPS) is 14.3. The fourth-order valence-corrected chi connectivity index (χ4v) is 3.14. The summed E-state index contributed by atoms with van der Waals surface area (Å²) in [5.41, 5.74) is 1.25. The molecule has 4 atom stereocenters. The van der Waals surface area contributed by atoms with Crippen molar-refractivity contribution < 1.29 is 33.5 Å². The third kappa shape index (κ3) is 14.4. The Morgan fingerprint density at radius 2 is 1.32 bits per heavy atom. The van der Waals surface area contributed by atoms with Crippen LogP contribution in [0, 0.1) is 11.8 Å². The lowest BCUT2D eigenvalue weighted by atomic mass is 9.98. The molecule has 0 rings (SSSR count). The summed E-state index contributed by atoms with van der Waals surface area (Å²) in [6.45, 7) is 13.0. The highest BCUT2D eigenvalue weighted by molar-refractivity contribution is 5.93. The van der Waals surface area contributed by atoms with E-state index in [1.54, 1.807) is 27.7 Å². The lowest BCUT2D eigenvalue weighted by molar-refractivity contribution is -0.132. The van der Waals surface area contributed by atoms with Crippen molar-refractivity contribution in [1.82, 2.24) is 32.0 Å². The van der Waals surface area contributed by atoms with Crippen LogP contribution in [0.1, 0.15) is 68.2 Å². The van der Waals surface area contributed by atoms with Gasteiger partial charge in [0.05, 0.1) is 13.1 Å². The first-order chi connectivity index (χ1) is 17.5. The second-order valence-corrected chi connectivity index (χ2v) is 10.5. The summed E-state index contributed by atoms with van der Waals surface area (Å²) >= 11 is 0. The van der Waals surface area contributed by atoms with Crippen LogP contribution in [0.4, 0.5) is 4.79 Å². The maximum atomic E-state index is 12.6. The molecule has 0 radical (unpaired) electrons. The van der Waals surface area contributed by atoms with Gasteiger partial charge >= 0.3 is 6.09 Å². The number of hydrazine groups is 1. The number of carbonyl (C=O) groups excluding carboxylic acids is 6. The predicted octanol–water partition coefficient (Wildman–Crippen LogP) is -0.816. The second kappa shape index (κ2) is 16.4. The Hall–Kier alpha value is -3.42. The summed E-state index contributed by atoms with van der Waals surface area (Å²) in [5.74, 6) is 1.98. The number of rotatable bonds is 14. The summed E-state index contributed by atoms with van der Waals surface area (Å²) in [6, 6.07) is -2.80. The molecule has 218 valence electrons. The molecule has 0 unspecified atom stereocenters. The largest absolute Gasteiger partial charge is 0.444 e. The molecule has 14 nitrogen and oxygen atoms in total. The van der Waals surface area contributed by atoms with Gasteiger partial charge in [0.25, 0.3) is 5.91 Å². The number of carbonyl (C=O) groups is 6. The van der Waals surface area contributed by atoms with Gasteiger partial charge in [-0.25, -0.2) is 10.6 Å². The van der Waals surface area contributed by atoms with Crippen LogP contribution in [-0.4, -0.2) is 72.4 Å². The van der Waals surface area contributed by atoms with Crippen molar-refractivity contribution in [2.45, 2.75) is 92.0 Å². The zero-order valence-corrected chi connectivity index (χ0v) is 23.7. The Morgan fingerprint density at radius 3 is 1.79 bits per heavy atom. The van der Waals surface area contributed by atoms with Gasteiger partial charge in [0.1, 0.15) is 23.7 Å². The summed E-state index contributed by atoms with van der Waals surface area (Å²) in [5, 5.41) is 12.3. The number of alkyl carbamates (subject to hydrolysis) is 1. The molecule has 0 aromatic carbocycles. The molecular formula is C24H45N7O7. The molecule has 8 N–H and O–H groups in total. The molecule has 0 aliphatic heterocycles. The first-order valence-corrected chi connectivity index (χ1v) is 12.6. The first-order valence-electron chi connectivity index (χ1n) is 12.6. The van der Waals surface area contributed by atoms with E-state index in [0.717, 1.165) is 0 Å². The van der Waals surface area contributed by atoms with E-state index in [9.17, 15) is 28.8 Å². The van der Waals surface area contributed by atoms with Gasteiger partial charge in [-0.15, -0.1) is 0 Å². The smallest absolute Gasteiger partial charge is 0.408 e. The van der Waals surface area contributed by atoms with Crippen molar-refractivity contribution in [2.24, 2.45) is 17.7 Å². The molecule has 0 spiro atoms. The molecule has 0 aromatic heterocycles. The lowest BCUT2D eigenvalue weighted by Gasteiger charge is -2.26. The number of nitrogens with two attached hydrogens (primary N) is 1. The van der Waals surface area contributed by atoms with Crippen LogP contribution in [0.5, 0.6) is 0 Å². The average molecular weight is 544 g/mol. The number of hydrogen-bond acceptors (Lipinski definition) is 8. The third-order valence-electron chi connectivity index (χ3n) is 5.29. The highest BCUT2D eigenvalue weighted by atomic mass is 16.6. The molecule has 0 aromatic rings. The number of ether oxygens (including phenoxy) is 1. The third-order valence-corrected chi connectivity index (χ3v) is 5.29. The molecular weight excluding hydrogens is 498 g/mol. The van der Waals surface area contributed by atoms with Crippen molar-refractivity contribution in [3.63, 3.8) is 0 Å². The lowest BCUT2D eigenvalue weighted by Crippen LogP contribution is -2.54. The zero-order chi connectivity index (χ0) is 29.6. The van der Waals surface area contributed by atoms with Gasteiger partial charge in [-0.2, -0.15) is 0 Å². The fourth-order valence-electron chi connectivity index (χ4n) is 3.14. The highest BCUT2D eigenvalue weighted by Crippen LogP contribution is 2.11. The topological polar surface area (TPSA) is 210 Å². The van der Waals surface area contributed by atoms with Gasteiger partial charge in [0.2, 0.25) is 23.6 Å². The molecule has 0 heterocycles. The summed E-state index contributed by atoms with van der Waals surface area (Å²) in [7, 11) is 0. The zero-order valence-electron chi connectivity index (χ0n) is 23.7. The predicted molar refractivity (Wildman–Crippen MR) is 140 cm³/mol. The summed E-state index contributed by atoms with van der Waals surface area (Å²) < 4.78 is 5.21. The SMILES string of the molecule is CC[C@H](C)[C@H](NC(=O)OC(C)(C)C)C(=O)NCC(=O)N[C@@H](C)C(=O)NCC(=O)N[C@@H](CC(C)C)C(=O)NN. The van der Waals surface area contributed by atoms with E-state index >= 15 is 0 Å². The molecule has 0 saturated heterocycles. The van der Waals surface area contributed by atoms with E-state index in [-0.39, 0.29) is 11.8 Å². The molecule has 0 fully saturated rings. The molecule has 0 aliphatic carbocycles. The molecule has 0 aliphatic rings. The standard InChI is InChI=1S/C24H45N7O7/c1-9-14(4)19(30-23(37)38-24(6,7)8)22(36)27-11-17(32)28-15(5)20(34)26-12-18(33)29-16(10-13(2)3)21(35)31-25/h13-16,19H,9-12,25H2,1-8H3,(H,26,34)(H,27,36)(H,28,32)(H,29,33)(H,30,37)(H,31,35)/t14-,15-,16-,19-/m0/s1. The van der Waals surface area contributed by atoms with Gasteiger partial charge in [0, 0.05) is 0 Å². The molecule has 38 heavy (non-hydrogen) atoms. The van der Waals surface area contributed by atoms with Crippen molar-refractivity contribution >= 4 is 35.6 Å². The van der Waals surface area contributed by atoms with Crippen molar-refractivity contribution in [2.75, 3.05) is 13.1 Å².